The van der Waals surface area contributed by atoms with Crippen LogP contribution in [0.4, 0.5) is 0 Å². The molecule has 1 N–H and O–H groups in total. The molecule has 1 amide bonds. The maximum Gasteiger partial charge on any atom is 0.289 e. The predicted molar refractivity (Wildman–Crippen MR) is 92.5 cm³/mol. The third-order valence-corrected chi connectivity index (χ3v) is 4.76. The summed E-state index contributed by atoms with van der Waals surface area (Å²) in [4.78, 5) is 14.6. The summed E-state index contributed by atoms with van der Waals surface area (Å²) in [6.45, 7) is 3.99. The van der Waals surface area contributed by atoms with Crippen LogP contribution in [0.25, 0.3) is 0 Å². The van der Waals surface area contributed by atoms with Crippen molar-refractivity contribution in [1.82, 2.24) is 10.2 Å². The number of carbonyl (C=O) groups is 1. The molecule has 0 spiro atoms. The summed E-state index contributed by atoms with van der Waals surface area (Å²) >= 11 is 0. The van der Waals surface area contributed by atoms with Gasteiger partial charge < -0.3 is 19.4 Å². The SMILES string of the molecule is Cl.O=C(c1occc1COc1ccccc1)N1C[C@H]2CNC[C@H]2C1. The summed E-state index contributed by atoms with van der Waals surface area (Å²) in [5, 5.41) is 3.39. The van der Waals surface area contributed by atoms with E-state index in [0.717, 1.165) is 37.5 Å². The fourth-order valence-corrected chi connectivity index (χ4v) is 3.48. The molecule has 4 rings (SSSR count). The number of nitrogens with zero attached hydrogens (tertiary/aromatic N) is 1. The first-order valence-corrected chi connectivity index (χ1v) is 8.05. The second-order valence-corrected chi connectivity index (χ2v) is 6.27. The van der Waals surface area contributed by atoms with Crippen LogP contribution in [-0.2, 0) is 6.61 Å². The van der Waals surface area contributed by atoms with Crippen LogP contribution in [0.5, 0.6) is 5.75 Å². The first kappa shape index (κ1) is 16.9. The van der Waals surface area contributed by atoms with E-state index in [1.54, 1.807) is 6.26 Å². The molecule has 6 heteroatoms. The van der Waals surface area contributed by atoms with E-state index in [0.29, 0.717) is 24.2 Å². The van der Waals surface area contributed by atoms with Crippen LogP contribution < -0.4 is 10.1 Å². The highest BCUT2D eigenvalue weighted by Gasteiger charge is 2.39. The number of fused-ring (bicyclic) bond motifs is 1. The lowest BCUT2D eigenvalue weighted by atomic mass is 10.0. The van der Waals surface area contributed by atoms with Crippen molar-refractivity contribution >= 4 is 18.3 Å². The summed E-state index contributed by atoms with van der Waals surface area (Å²) in [6.07, 6.45) is 1.56. The number of carbonyl (C=O) groups excluding carboxylic acids is 1. The molecular weight excluding hydrogens is 328 g/mol. The summed E-state index contributed by atoms with van der Waals surface area (Å²) in [5.74, 6) is 2.34. The monoisotopic (exact) mass is 348 g/mol. The van der Waals surface area contributed by atoms with Gasteiger partial charge in [-0.25, -0.2) is 0 Å². The van der Waals surface area contributed by atoms with Crippen LogP contribution in [0, 0.1) is 11.8 Å². The van der Waals surface area contributed by atoms with Gasteiger partial charge in [0.2, 0.25) is 0 Å². The van der Waals surface area contributed by atoms with E-state index < -0.39 is 0 Å². The molecule has 0 unspecified atom stereocenters. The van der Waals surface area contributed by atoms with Gasteiger partial charge in [-0.3, -0.25) is 4.79 Å². The molecule has 0 bridgehead atoms. The number of para-hydroxylation sites is 1. The minimum Gasteiger partial charge on any atom is -0.489 e. The number of halogens is 1. The van der Waals surface area contributed by atoms with E-state index in [1.807, 2.05) is 41.3 Å². The van der Waals surface area contributed by atoms with E-state index in [1.165, 1.54) is 0 Å². The number of furan rings is 1. The quantitative estimate of drug-likeness (QED) is 0.922. The molecule has 0 radical (unpaired) electrons. The highest BCUT2D eigenvalue weighted by atomic mass is 35.5. The maximum absolute atomic E-state index is 12.7. The number of ether oxygens (including phenoxy) is 1. The second-order valence-electron chi connectivity index (χ2n) is 6.27. The van der Waals surface area contributed by atoms with E-state index in [4.69, 9.17) is 9.15 Å². The third kappa shape index (κ3) is 3.28. The maximum atomic E-state index is 12.7. The van der Waals surface area contributed by atoms with Gasteiger partial charge in [-0.2, -0.15) is 0 Å². The number of rotatable bonds is 4. The summed E-state index contributed by atoms with van der Waals surface area (Å²) in [7, 11) is 0. The Kier molecular flexibility index (Phi) is 5.11. The van der Waals surface area contributed by atoms with Gasteiger partial charge in [0.25, 0.3) is 5.91 Å². The van der Waals surface area contributed by atoms with Gasteiger partial charge in [-0.15, -0.1) is 12.4 Å². The fourth-order valence-electron chi connectivity index (χ4n) is 3.48. The van der Waals surface area contributed by atoms with Crippen LogP contribution in [0.15, 0.2) is 47.1 Å². The number of benzene rings is 1. The molecule has 0 aliphatic carbocycles. The molecular formula is C18H21ClN2O3. The number of hydrogen-bond acceptors (Lipinski definition) is 4. The van der Waals surface area contributed by atoms with E-state index in [9.17, 15) is 4.79 Å². The van der Waals surface area contributed by atoms with Gasteiger partial charge >= 0.3 is 0 Å². The summed E-state index contributed by atoms with van der Waals surface area (Å²) < 4.78 is 11.2. The molecule has 0 saturated carbocycles. The van der Waals surface area contributed by atoms with Crippen LogP contribution in [0.3, 0.4) is 0 Å². The zero-order valence-electron chi connectivity index (χ0n) is 13.3. The molecule has 2 saturated heterocycles. The fraction of sp³-hybridized carbons (Fsp3) is 0.389. The Morgan fingerprint density at radius 3 is 2.58 bits per heavy atom. The van der Waals surface area contributed by atoms with E-state index in [-0.39, 0.29) is 18.3 Å². The Morgan fingerprint density at radius 1 is 1.17 bits per heavy atom. The molecule has 1 aromatic heterocycles. The normalized spacial score (nSPS) is 22.1. The average Bonchev–Trinajstić information content (AvgIpc) is 3.28. The lowest BCUT2D eigenvalue weighted by molar-refractivity contribution is 0.0746. The van der Waals surface area contributed by atoms with Crippen molar-refractivity contribution in [3.05, 3.63) is 54.0 Å². The van der Waals surface area contributed by atoms with E-state index in [2.05, 4.69) is 5.32 Å². The Hall–Kier alpha value is -1.98. The largest absolute Gasteiger partial charge is 0.489 e. The molecule has 2 aliphatic heterocycles. The summed E-state index contributed by atoms with van der Waals surface area (Å²) in [6, 6.07) is 11.4. The molecule has 2 aromatic rings. The Morgan fingerprint density at radius 2 is 1.88 bits per heavy atom. The van der Waals surface area contributed by atoms with Crippen molar-refractivity contribution in [2.75, 3.05) is 26.2 Å². The van der Waals surface area contributed by atoms with Gasteiger partial charge in [0.15, 0.2) is 5.76 Å². The Bertz CT molecular complexity index is 677. The highest BCUT2D eigenvalue weighted by Crippen LogP contribution is 2.28. The van der Waals surface area contributed by atoms with Crippen molar-refractivity contribution in [2.24, 2.45) is 11.8 Å². The number of likely N-dealkylation sites (tertiary alicyclic amines) is 1. The average molecular weight is 349 g/mol. The smallest absolute Gasteiger partial charge is 0.289 e. The topological polar surface area (TPSA) is 54.7 Å². The molecule has 3 heterocycles. The molecule has 2 fully saturated rings. The van der Waals surface area contributed by atoms with Gasteiger partial charge in [0, 0.05) is 31.7 Å². The first-order chi connectivity index (χ1) is 11.3. The van der Waals surface area contributed by atoms with Crippen LogP contribution >= 0.6 is 12.4 Å². The molecule has 24 heavy (non-hydrogen) atoms. The van der Waals surface area contributed by atoms with Crippen LogP contribution in [0.2, 0.25) is 0 Å². The molecule has 2 atom stereocenters. The van der Waals surface area contributed by atoms with Gasteiger partial charge in [-0.1, -0.05) is 18.2 Å². The Labute approximate surface area is 147 Å². The van der Waals surface area contributed by atoms with Crippen molar-refractivity contribution in [3.63, 3.8) is 0 Å². The zero-order valence-corrected chi connectivity index (χ0v) is 14.1. The number of nitrogens with one attached hydrogen (secondary N) is 1. The Balaban J connectivity index is 0.00000169. The lowest BCUT2D eigenvalue weighted by Crippen LogP contribution is -2.32. The first-order valence-electron chi connectivity index (χ1n) is 8.05. The van der Waals surface area contributed by atoms with E-state index >= 15 is 0 Å². The van der Waals surface area contributed by atoms with Gasteiger partial charge in [0.05, 0.1) is 6.26 Å². The minimum absolute atomic E-state index is 0. The number of hydrogen-bond donors (Lipinski definition) is 1. The zero-order chi connectivity index (χ0) is 15.6. The number of amides is 1. The minimum atomic E-state index is -0.0175. The highest BCUT2D eigenvalue weighted by molar-refractivity contribution is 5.93. The lowest BCUT2D eigenvalue weighted by Gasteiger charge is -2.17. The molecule has 2 aliphatic rings. The third-order valence-electron chi connectivity index (χ3n) is 4.76. The van der Waals surface area contributed by atoms with Crippen molar-refractivity contribution < 1.29 is 13.9 Å². The molecule has 128 valence electrons. The summed E-state index contributed by atoms with van der Waals surface area (Å²) in [5.41, 5.74) is 0.800. The molecule has 1 aromatic carbocycles. The van der Waals surface area contributed by atoms with Crippen LogP contribution in [-0.4, -0.2) is 37.0 Å². The molecule has 5 nitrogen and oxygen atoms in total. The van der Waals surface area contributed by atoms with Crippen molar-refractivity contribution in [2.45, 2.75) is 6.61 Å². The van der Waals surface area contributed by atoms with Crippen molar-refractivity contribution in [1.29, 1.82) is 0 Å². The van der Waals surface area contributed by atoms with Gasteiger partial charge in [0.1, 0.15) is 12.4 Å². The van der Waals surface area contributed by atoms with Gasteiger partial charge in [-0.05, 0) is 30.0 Å². The standard InChI is InChI=1S/C18H20N2O3.ClH/c21-18(20-10-14-8-19-9-15(14)11-20)17-13(6-7-22-17)12-23-16-4-2-1-3-5-16;/h1-7,14-15,19H,8-12H2;1H/t14-,15+;. The predicted octanol–water partition coefficient (Wildman–Crippen LogP) is 2.57. The second kappa shape index (κ2) is 7.28. The van der Waals surface area contributed by atoms with Crippen LogP contribution in [0.1, 0.15) is 16.1 Å². The van der Waals surface area contributed by atoms with Crippen molar-refractivity contribution in [3.8, 4) is 5.75 Å².